The molecule has 0 spiro atoms. The number of rotatable bonds is 9. The summed E-state index contributed by atoms with van der Waals surface area (Å²) >= 11 is 0. The molecule has 8 nitrogen and oxygen atoms in total. The molecular weight excluding hydrogens is 383 g/mol. The molecule has 0 radical (unpaired) electrons. The summed E-state index contributed by atoms with van der Waals surface area (Å²) in [6, 6.07) is 5.17. The summed E-state index contributed by atoms with van der Waals surface area (Å²) in [6.45, 7) is 9.46. The molecule has 0 aliphatic rings. The third-order valence-electron chi connectivity index (χ3n) is 4.65. The van der Waals surface area contributed by atoms with E-state index in [1.807, 2.05) is 20.8 Å². The molecule has 0 amide bonds. The molecule has 0 aliphatic heterocycles. The smallest absolute Gasteiger partial charge is 0.493 e. The molecule has 0 saturated heterocycles. The van der Waals surface area contributed by atoms with Gasteiger partial charge in [0, 0.05) is 23.3 Å². The van der Waals surface area contributed by atoms with Gasteiger partial charge in [0.2, 0.25) is 0 Å². The van der Waals surface area contributed by atoms with Crippen LogP contribution in [-0.2, 0) is 13.9 Å². The number of ketones is 1. The minimum atomic E-state index is -4.71. The van der Waals surface area contributed by atoms with E-state index in [-0.39, 0.29) is 23.6 Å². The van der Waals surface area contributed by atoms with Gasteiger partial charge in [0.05, 0.1) is 12.1 Å². The number of allylic oxidation sites excluding steroid dienone is 1. The van der Waals surface area contributed by atoms with E-state index in [4.69, 9.17) is 19.0 Å². The molecule has 0 fully saturated rings. The van der Waals surface area contributed by atoms with Crippen LogP contribution in [0.3, 0.4) is 0 Å². The van der Waals surface area contributed by atoms with Gasteiger partial charge < -0.3 is 9.26 Å². The largest absolute Gasteiger partial charge is 0.524 e. The lowest BCUT2D eigenvalue weighted by molar-refractivity contribution is -0.127. The van der Waals surface area contributed by atoms with Gasteiger partial charge in [-0.2, -0.15) is 5.10 Å². The summed E-state index contributed by atoms with van der Waals surface area (Å²) < 4.78 is 21.7. The highest BCUT2D eigenvalue weighted by molar-refractivity contribution is 7.46. The number of benzene rings is 1. The molecule has 0 aliphatic carbocycles. The van der Waals surface area contributed by atoms with Crippen LogP contribution in [0.25, 0.3) is 16.7 Å². The number of hydrogen-bond acceptors (Lipinski definition) is 5. The fourth-order valence-corrected chi connectivity index (χ4v) is 3.06. The maximum Gasteiger partial charge on any atom is 0.524 e. The first kappa shape index (κ1) is 22.1. The van der Waals surface area contributed by atoms with E-state index in [1.165, 1.54) is 0 Å². The van der Waals surface area contributed by atoms with Crippen molar-refractivity contribution in [2.45, 2.75) is 47.5 Å². The Bertz CT molecular complexity index is 937. The summed E-state index contributed by atoms with van der Waals surface area (Å²) in [5, 5.41) is 7.59. The Morgan fingerprint density at radius 3 is 2.54 bits per heavy atom. The fraction of sp³-hybridized carbons (Fsp3) is 0.474. The van der Waals surface area contributed by atoms with Gasteiger partial charge >= 0.3 is 7.82 Å². The monoisotopic (exact) mass is 410 g/mol. The summed E-state index contributed by atoms with van der Waals surface area (Å²) in [7, 11) is -4.71. The first-order valence-electron chi connectivity index (χ1n) is 9.02. The number of Topliss-reactive ketones (excluding diaryl/α,β-unsaturated/α-hetero) is 1. The fourth-order valence-electron chi connectivity index (χ4n) is 2.55. The van der Waals surface area contributed by atoms with E-state index in [0.717, 1.165) is 6.42 Å². The predicted octanol–water partition coefficient (Wildman–Crippen LogP) is 4.20. The lowest BCUT2D eigenvalue weighted by Gasteiger charge is -2.20. The van der Waals surface area contributed by atoms with Crippen molar-refractivity contribution < 1.29 is 28.4 Å². The number of aromatic nitrogens is 2. The van der Waals surface area contributed by atoms with Crippen molar-refractivity contribution in [1.82, 2.24) is 10.2 Å². The van der Waals surface area contributed by atoms with Gasteiger partial charge in [-0.1, -0.05) is 20.8 Å². The van der Waals surface area contributed by atoms with Crippen LogP contribution in [-0.4, -0.2) is 32.4 Å². The average Bonchev–Trinajstić information content (AvgIpc) is 3.01. The standard InChI is InChI=1S/C19H27N2O6P/c1-6-19(4,5)16(22)9-10-26-13-7-8-14-15(11-13)20-21-17(14)18(12(2)3)27-28(23,24)25/h7-8,11H,6,9-10H2,1-5H3,(H,20,21)(H2,23,24,25). The van der Waals surface area contributed by atoms with Crippen molar-refractivity contribution in [2.24, 2.45) is 5.41 Å². The summed E-state index contributed by atoms with van der Waals surface area (Å²) in [6.07, 6.45) is 1.10. The number of phosphoric acid groups is 1. The van der Waals surface area contributed by atoms with E-state index >= 15 is 0 Å². The Morgan fingerprint density at radius 1 is 1.29 bits per heavy atom. The molecule has 0 atom stereocenters. The van der Waals surface area contributed by atoms with E-state index in [2.05, 4.69) is 10.2 Å². The SMILES string of the molecule is CCC(C)(C)C(=O)CCOc1ccc2c(C(OP(=O)(O)O)=C(C)C)n[nH]c2c1. The second kappa shape index (κ2) is 8.47. The van der Waals surface area contributed by atoms with Crippen LogP contribution < -0.4 is 4.74 Å². The van der Waals surface area contributed by atoms with Gasteiger partial charge in [0.15, 0.2) is 5.76 Å². The van der Waals surface area contributed by atoms with Crippen LogP contribution in [0, 0.1) is 5.41 Å². The second-order valence-electron chi connectivity index (χ2n) is 7.45. The summed E-state index contributed by atoms with van der Waals surface area (Å²) in [4.78, 5) is 30.5. The molecule has 28 heavy (non-hydrogen) atoms. The quantitative estimate of drug-likeness (QED) is 0.418. The molecule has 1 aromatic carbocycles. The Labute approximate surface area is 164 Å². The van der Waals surface area contributed by atoms with Crippen molar-refractivity contribution in [2.75, 3.05) is 6.61 Å². The number of fused-ring (bicyclic) bond motifs is 1. The summed E-state index contributed by atoms with van der Waals surface area (Å²) in [5.74, 6) is 0.753. The highest BCUT2D eigenvalue weighted by Gasteiger charge is 2.25. The van der Waals surface area contributed by atoms with Crippen LogP contribution in [0.15, 0.2) is 23.8 Å². The third kappa shape index (κ3) is 5.44. The number of H-pyrrole nitrogens is 1. The third-order valence-corrected chi connectivity index (χ3v) is 5.07. The van der Waals surface area contributed by atoms with E-state index in [0.29, 0.717) is 34.3 Å². The van der Waals surface area contributed by atoms with Crippen LogP contribution in [0.2, 0.25) is 0 Å². The highest BCUT2D eigenvalue weighted by atomic mass is 31.2. The number of nitrogens with one attached hydrogen (secondary N) is 1. The van der Waals surface area contributed by atoms with Gasteiger partial charge in [0.1, 0.15) is 17.2 Å². The Balaban J connectivity index is 2.17. The van der Waals surface area contributed by atoms with Gasteiger partial charge in [-0.05, 0) is 38.0 Å². The van der Waals surface area contributed by atoms with Crippen molar-refractivity contribution >= 4 is 30.3 Å². The maximum atomic E-state index is 12.2. The molecule has 0 bridgehead atoms. The van der Waals surface area contributed by atoms with Gasteiger partial charge in [-0.3, -0.25) is 19.7 Å². The van der Waals surface area contributed by atoms with Crippen molar-refractivity contribution in [1.29, 1.82) is 0 Å². The predicted molar refractivity (Wildman–Crippen MR) is 107 cm³/mol. The molecule has 1 heterocycles. The van der Waals surface area contributed by atoms with Crippen molar-refractivity contribution in [3.05, 3.63) is 29.5 Å². The van der Waals surface area contributed by atoms with Crippen LogP contribution in [0.4, 0.5) is 0 Å². The van der Waals surface area contributed by atoms with E-state index < -0.39 is 7.82 Å². The molecular formula is C19H27N2O6P. The first-order valence-corrected chi connectivity index (χ1v) is 10.5. The molecule has 2 rings (SSSR count). The molecule has 0 saturated carbocycles. The first-order chi connectivity index (χ1) is 12.9. The molecule has 3 N–H and O–H groups in total. The zero-order chi connectivity index (χ0) is 21.1. The second-order valence-corrected chi connectivity index (χ2v) is 8.61. The number of nitrogens with zero attached hydrogens (tertiary/aromatic N) is 1. The number of aromatic amines is 1. The minimum Gasteiger partial charge on any atom is -0.493 e. The van der Waals surface area contributed by atoms with E-state index in [9.17, 15) is 9.36 Å². The molecule has 2 aromatic rings. The molecule has 9 heteroatoms. The number of hydrogen-bond donors (Lipinski definition) is 3. The van der Waals surface area contributed by atoms with Gasteiger partial charge in [-0.15, -0.1) is 0 Å². The number of phosphoric ester groups is 1. The van der Waals surface area contributed by atoms with Crippen LogP contribution in [0.1, 0.15) is 53.2 Å². The number of ether oxygens (including phenoxy) is 1. The average molecular weight is 410 g/mol. The summed E-state index contributed by atoms with van der Waals surface area (Å²) in [5.41, 5.74) is 1.16. The lowest BCUT2D eigenvalue weighted by Crippen LogP contribution is -2.24. The lowest BCUT2D eigenvalue weighted by atomic mass is 9.84. The Morgan fingerprint density at radius 2 is 1.96 bits per heavy atom. The highest BCUT2D eigenvalue weighted by Crippen LogP contribution is 2.43. The molecule has 1 aromatic heterocycles. The Hall–Kier alpha value is -2.15. The van der Waals surface area contributed by atoms with Crippen molar-refractivity contribution in [3.8, 4) is 5.75 Å². The molecule has 154 valence electrons. The number of carbonyl (C=O) groups is 1. The Kier molecular flexibility index (Phi) is 6.70. The zero-order valence-corrected chi connectivity index (χ0v) is 17.7. The molecule has 0 unspecified atom stereocenters. The maximum absolute atomic E-state index is 12.2. The topological polar surface area (TPSA) is 122 Å². The van der Waals surface area contributed by atoms with Crippen LogP contribution in [0.5, 0.6) is 5.75 Å². The van der Waals surface area contributed by atoms with Gasteiger partial charge in [0.25, 0.3) is 0 Å². The zero-order valence-electron chi connectivity index (χ0n) is 16.8. The number of carbonyl (C=O) groups excluding carboxylic acids is 1. The van der Waals surface area contributed by atoms with Gasteiger partial charge in [-0.25, -0.2) is 4.57 Å². The van der Waals surface area contributed by atoms with Crippen molar-refractivity contribution in [3.63, 3.8) is 0 Å². The van der Waals surface area contributed by atoms with E-state index in [1.54, 1.807) is 32.0 Å². The minimum absolute atomic E-state index is 0.0284. The van der Waals surface area contributed by atoms with Crippen LogP contribution >= 0.6 is 7.82 Å². The normalized spacial score (nSPS) is 12.1.